The number of nitrogens with one attached hydrogen (secondary N) is 2. The molecule has 1 atom stereocenters. The Balaban J connectivity index is 4.00. The molecule has 1 unspecified atom stereocenters. The van der Waals surface area contributed by atoms with Gasteiger partial charge in [-0.2, -0.15) is 0 Å². The van der Waals surface area contributed by atoms with Gasteiger partial charge in [0.15, 0.2) is 0 Å². The van der Waals surface area contributed by atoms with Gasteiger partial charge in [0.2, 0.25) is 5.96 Å². The quantitative estimate of drug-likeness (QED) is 0.245. The van der Waals surface area contributed by atoms with Crippen LogP contribution in [-0.4, -0.2) is 17.0 Å². The van der Waals surface area contributed by atoms with E-state index in [1.165, 1.54) is 32.1 Å². The zero-order chi connectivity index (χ0) is 12.4. The van der Waals surface area contributed by atoms with Crippen LogP contribution in [0.1, 0.15) is 58.8 Å². The second-order valence-electron chi connectivity index (χ2n) is 4.29. The van der Waals surface area contributed by atoms with Gasteiger partial charge in [0.25, 0.3) is 0 Å². The van der Waals surface area contributed by atoms with Gasteiger partial charge in [-0.3, -0.25) is 10.8 Å². The van der Waals surface area contributed by atoms with E-state index in [9.17, 15) is 0 Å². The molecule has 0 aliphatic rings. The summed E-state index contributed by atoms with van der Waals surface area (Å²) in [6.07, 6.45) is 8.34. The Hall–Kier alpha value is -0.770. The van der Waals surface area contributed by atoms with E-state index in [-0.39, 0.29) is 5.96 Å². The first-order chi connectivity index (χ1) is 7.61. The molecule has 0 aliphatic heterocycles. The van der Waals surface area contributed by atoms with Gasteiger partial charge in [-0.05, 0) is 12.8 Å². The third kappa shape index (κ3) is 7.51. The molecule has 0 aliphatic carbocycles. The van der Waals surface area contributed by atoms with E-state index in [1.807, 2.05) is 0 Å². The number of nitrogens with zero attached hydrogens (tertiary/aromatic N) is 1. The molecule has 95 valence electrons. The molecule has 1 radical (unpaired) electrons. The number of guanidine groups is 1. The number of unbranched alkanes of at least 4 members (excludes halogenated alkanes) is 3. The van der Waals surface area contributed by atoms with E-state index in [1.54, 1.807) is 5.01 Å². The summed E-state index contributed by atoms with van der Waals surface area (Å²) in [5.41, 5.74) is 8.07. The molecule has 0 saturated heterocycles. The minimum atomic E-state index is -0.0352. The first kappa shape index (κ1) is 15.2. The van der Waals surface area contributed by atoms with Crippen molar-refractivity contribution < 1.29 is 0 Å². The van der Waals surface area contributed by atoms with Gasteiger partial charge in [0.1, 0.15) is 0 Å². The normalized spacial score (nSPS) is 12.8. The average molecular weight is 227 g/mol. The van der Waals surface area contributed by atoms with Gasteiger partial charge in [-0.15, -0.1) is 0 Å². The zero-order valence-corrected chi connectivity index (χ0v) is 10.8. The smallest absolute Gasteiger partial charge is 0.200 e. The van der Waals surface area contributed by atoms with E-state index < -0.39 is 0 Å². The van der Waals surface area contributed by atoms with Crippen molar-refractivity contribution in [3.8, 4) is 0 Å². The summed E-state index contributed by atoms with van der Waals surface area (Å²) in [6.45, 7) is 4.39. The van der Waals surface area contributed by atoms with Crippen LogP contribution in [0.25, 0.3) is 0 Å². The van der Waals surface area contributed by atoms with Crippen LogP contribution in [0, 0.1) is 12.5 Å². The summed E-state index contributed by atoms with van der Waals surface area (Å²) in [4.78, 5) is 0. The summed E-state index contributed by atoms with van der Waals surface area (Å²) in [5.74, 6) is -0.0352. The lowest BCUT2D eigenvalue weighted by Crippen LogP contribution is -2.47. The molecule has 0 aromatic heterocycles. The highest BCUT2D eigenvalue weighted by molar-refractivity contribution is 5.73. The Morgan fingerprint density at radius 1 is 1.25 bits per heavy atom. The molecule has 4 nitrogen and oxygen atoms in total. The monoisotopic (exact) mass is 227 g/mol. The van der Waals surface area contributed by atoms with Crippen LogP contribution in [0.5, 0.6) is 0 Å². The summed E-state index contributed by atoms with van der Waals surface area (Å²) in [6, 6.07) is 0.385. The molecule has 0 spiro atoms. The largest absolute Gasteiger partial charge is 0.369 e. The van der Waals surface area contributed by atoms with Crippen molar-refractivity contribution in [3.05, 3.63) is 7.05 Å². The van der Waals surface area contributed by atoms with Crippen LogP contribution in [0.15, 0.2) is 0 Å². The summed E-state index contributed by atoms with van der Waals surface area (Å²) in [5, 5.41) is 8.94. The lowest BCUT2D eigenvalue weighted by atomic mass is 10.0. The SMILES string of the molecule is [CH2]N(NC(=N)N)C(CCCC)CCCCC. The van der Waals surface area contributed by atoms with Crippen molar-refractivity contribution in [1.29, 1.82) is 5.41 Å². The van der Waals surface area contributed by atoms with Crippen LogP contribution in [0.2, 0.25) is 0 Å². The molecule has 0 saturated carbocycles. The molecule has 4 N–H and O–H groups in total. The van der Waals surface area contributed by atoms with Gasteiger partial charge in [-0.1, -0.05) is 46.0 Å². The second-order valence-corrected chi connectivity index (χ2v) is 4.29. The molecule has 0 heterocycles. The number of hydrazine groups is 1. The fraction of sp³-hybridized carbons (Fsp3) is 0.833. The van der Waals surface area contributed by atoms with E-state index in [2.05, 4.69) is 26.3 Å². The van der Waals surface area contributed by atoms with Crippen molar-refractivity contribution in [1.82, 2.24) is 10.4 Å². The first-order valence-corrected chi connectivity index (χ1v) is 6.32. The van der Waals surface area contributed by atoms with Crippen molar-refractivity contribution >= 4 is 5.96 Å². The molecule has 0 amide bonds. The Morgan fingerprint density at radius 3 is 2.31 bits per heavy atom. The molecular weight excluding hydrogens is 200 g/mol. The third-order valence-electron chi connectivity index (χ3n) is 2.74. The topological polar surface area (TPSA) is 65.1 Å². The van der Waals surface area contributed by atoms with Crippen LogP contribution in [-0.2, 0) is 0 Å². The number of nitrogens with two attached hydrogens (primary N) is 1. The number of rotatable bonds is 9. The standard InChI is InChI=1S/C12H27N4/c1-4-6-8-10-11(9-7-5-2)16(3)15-12(13)14/h11H,3-10H2,1-2H3,(H4,13,14,15). The van der Waals surface area contributed by atoms with Crippen molar-refractivity contribution in [3.63, 3.8) is 0 Å². The molecule has 0 aromatic carbocycles. The van der Waals surface area contributed by atoms with Gasteiger partial charge in [0.05, 0.1) is 0 Å². The lowest BCUT2D eigenvalue weighted by Gasteiger charge is -2.28. The van der Waals surface area contributed by atoms with Crippen LogP contribution in [0.4, 0.5) is 0 Å². The Labute approximate surface area is 100 Å². The fourth-order valence-electron chi connectivity index (χ4n) is 1.77. The highest BCUT2D eigenvalue weighted by Gasteiger charge is 2.14. The van der Waals surface area contributed by atoms with Crippen molar-refractivity contribution in [2.75, 3.05) is 0 Å². The van der Waals surface area contributed by atoms with Crippen LogP contribution < -0.4 is 11.2 Å². The Kier molecular flexibility index (Phi) is 9.00. The zero-order valence-electron chi connectivity index (χ0n) is 10.8. The van der Waals surface area contributed by atoms with E-state index >= 15 is 0 Å². The van der Waals surface area contributed by atoms with E-state index in [0.717, 1.165) is 12.8 Å². The molecule has 0 rings (SSSR count). The molecule has 0 aromatic rings. The number of hydrogen-bond acceptors (Lipinski definition) is 2. The second kappa shape index (κ2) is 9.46. The van der Waals surface area contributed by atoms with Gasteiger partial charge in [-0.25, -0.2) is 5.01 Å². The highest BCUT2D eigenvalue weighted by atomic mass is 15.5. The summed E-state index contributed by atoms with van der Waals surface area (Å²) in [7, 11) is 3.91. The van der Waals surface area contributed by atoms with Gasteiger partial charge < -0.3 is 5.73 Å². The summed E-state index contributed by atoms with van der Waals surface area (Å²) >= 11 is 0. The minimum absolute atomic E-state index is 0.0352. The minimum Gasteiger partial charge on any atom is -0.369 e. The highest BCUT2D eigenvalue weighted by Crippen LogP contribution is 2.14. The van der Waals surface area contributed by atoms with Crippen LogP contribution in [0.3, 0.4) is 0 Å². The van der Waals surface area contributed by atoms with Gasteiger partial charge >= 0.3 is 0 Å². The first-order valence-electron chi connectivity index (χ1n) is 6.32. The molecular formula is C12H27N4. The van der Waals surface area contributed by atoms with Crippen molar-refractivity contribution in [2.24, 2.45) is 5.73 Å². The lowest BCUT2D eigenvalue weighted by molar-refractivity contribution is 0.203. The maximum atomic E-state index is 7.19. The maximum absolute atomic E-state index is 7.19. The molecule has 16 heavy (non-hydrogen) atoms. The molecule has 0 bridgehead atoms. The Bertz CT molecular complexity index is 182. The Morgan fingerprint density at radius 2 is 1.81 bits per heavy atom. The summed E-state index contributed by atoms with van der Waals surface area (Å²) < 4.78 is 0. The van der Waals surface area contributed by atoms with Gasteiger partial charge in [0, 0.05) is 13.1 Å². The predicted molar refractivity (Wildman–Crippen MR) is 69.7 cm³/mol. The van der Waals surface area contributed by atoms with Crippen molar-refractivity contribution in [2.45, 2.75) is 64.8 Å². The van der Waals surface area contributed by atoms with E-state index in [4.69, 9.17) is 11.1 Å². The maximum Gasteiger partial charge on any atom is 0.200 e. The fourth-order valence-corrected chi connectivity index (χ4v) is 1.77. The average Bonchev–Trinajstić information content (AvgIpc) is 2.22. The molecule has 0 fully saturated rings. The number of hydrogen-bond donors (Lipinski definition) is 3. The predicted octanol–water partition coefficient (Wildman–Crippen LogP) is 2.62. The molecule has 4 heteroatoms. The third-order valence-corrected chi connectivity index (χ3v) is 2.74. The van der Waals surface area contributed by atoms with Crippen LogP contribution >= 0.6 is 0 Å². The van der Waals surface area contributed by atoms with E-state index in [0.29, 0.717) is 6.04 Å².